The molecule has 6 nitrogen and oxygen atoms in total. The van der Waals surface area contributed by atoms with Crippen LogP contribution in [0.3, 0.4) is 0 Å². The summed E-state index contributed by atoms with van der Waals surface area (Å²) in [5.41, 5.74) is 0.390. The lowest BCUT2D eigenvalue weighted by Gasteiger charge is -2.42. The van der Waals surface area contributed by atoms with Gasteiger partial charge in [-0.25, -0.2) is 0 Å². The van der Waals surface area contributed by atoms with Gasteiger partial charge in [-0.3, -0.25) is 9.79 Å². The van der Waals surface area contributed by atoms with Crippen LogP contribution in [0.5, 0.6) is 0 Å². The first-order valence-corrected chi connectivity index (χ1v) is 9.16. The third-order valence-corrected chi connectivity index (χ3v) is 4.93. The van der Waals surface area contributed by atoms with Crippen molar-refractivity contribution < 1.29 is 14.3 Å². The Balaban J connectivity index is 0.00000576. The minimum atomic E-state index is -0.115. The molecule has 0 aromatic carbocycles. The molecular weight excluding hydrogens is 433 g/mol. The van der Waals surface area contributed by atoms with Crippen LogP contribution >= 0.6 is 24.0 Å². The van der Waals surface area contributed by atoms with Gasteiger partial charge in [0, 0.05) is 40.3 Å². The Morgan fingerprint density at radius 3 is 2.40 bits per heavy atom. The predicted molar refractivity (Wildman–Crippen MR) is 113 cm³/mol. The first-order chi connectivity index (χ1) is 11.7. The zero-order valence-corrected chi connectivity index (χ0v) is 18.4. The van der Waals surface area contributed by atoms with Crippen LogP contribution < -0.4 is 10.6 Å². The summed E-state index contributed by atoms with van der Waals surface area (Å²) in [4.78, 5) is 15.3. The Kier molecular flexibility index (Phi) is 14.3. The summed E-state index contributed by atoms with van der Waals surface area (Å²) in [5, 5.41) is 6.84. The maximum Gasteiger partial charge on any atom is 0.305 e. The summed E-state index contributed by atoms with van der Waals surface area (Å²) in [5.74, 6) is 0.768. The highest BCUT2D eigenvalue weighted by Gasteiger charge is 2.36. The zero-order chi connectivity index (χ0) is 17.7. The van der Waals surface area contributed by atoms with Crippen molar-refractivity contribution in [3.63, 3.8) is 0 Å². The van der Waals surface area contributed by atoms with E-state index in [2.05, 4.69) is 20.4 Å². The SMILES string of the molecule is CN=C(NCCCCCCC(=O)OC)NCC1(CCOC)CCC1.I. The fourth-order valence-electron chi connectivity index (χ4n) is 3.06. The second kappa shape index (κ2) is 14.6. The van der Waals surface area contributed by atoms with Crippen LogP contribution in [0.15, 0.2) is 4.99 Å². The number of carbonyl (C=O) groups excluding carboxylic acids is 1. The van der Waals surface area contributed by atoms with Gasteiger partial charge in [0.1, 0.15) is 0 Å². The van der Waals surface area contributed by atoms with Crippen molar-refractivity contribution >= 4 is 35.9 Å². The molecule has 0 unspecified atom stereocenters. The largest absolute Gasteiger partial charge is 0.469 e. The van der Waals surface area contributed by atoms with Crippen molar-refractivity contribution in [3.05, 3.63) is 0 Å². The highest BCUT2D eigenvalue weighted by Crippen LogP contribution is 2.43. The van der Waals surface area contributed by atoms with Crippen molar-refractivity contribution in [3.8, 4) is 0 Å². The number of rotatable bonds is 12. The molecule has 0 spiro atoms. The first-order valence-electron chi connectivity index (χ1n) is 9.16. The van der Waals surface area contributed by atoms with Gasteiger partial charge in [-0.2, -0.15) is 0 Å². The van der Waals surface area contributed by atoms with Gasteiger partial charge in [0.05, 0.1) is 7.11 Å². The van der Waals surface area contributed by atoms with Crippen molar-refractivity contribution in [1.82, 2.24) is 10.6 Å². The quantitative estimate of drug-likeness (QED) is 0.151. The van der Waals surface area contributed by atoms with Gasteiger partial charge < -0.3 is 20.1 Å². The van der Waals surface area contributed by atoms with Gasteiger partial charge in [-0.05, 0) is 37.5 Å². The van der Waals surface area contributed by atoms with Gasteiger partial charge in [0.2, 0.25) is 0 Å². The topological polar surface area (TPSA) is 72.0 Å². The fourth-order valence-corrected chi connectivity index (χ4v) is 3.06. The summed E-state index contributed by atoms with van der Waals surface area (Å²) in [6.45, 7) is 2.71. The van der Waals surface area contributed by atoms with Crippen LogP contribution in [-0.2, 0) is 14.3 Å². The van der Waals surface area contributed by atoms with E-state index in [0.717, 1.165) is 57.8 Å². The van der Waals surface area contributed by atoms with Crippen molar-refractivity contribution in [2.24, 2.45) is 10.4 Å². The number of nitrogens with one attached hydrogen (secondary N) is 2. The number of hydrogen-bond donors (Lipinski definition) is 2. The van der Waals surface area contributed by atoms with Crippen LogP contribution in [0.4, 0.5) is 0 Å². The molecular formula is C18H36IN3O3. The summed E-state index contributed by atoms with van der Waals surface area (Å²) < 4.78 is 9.87. The van der Waals surface area contributed by atoms with E-state index in [-0.39, 0.29) is 29.9 Å². The minimum absolute atomic E-state index is 0. The van der Waals surface area contributed by atoms with E-state index < -0.39 is 0 Å². The number of ether oxygens (including phenoxy) is 2. The van der Waals surface area contributed by atoms with Crippen LogP contribution in [0, 0.1) is 5.41 Å². The zero-order valence-electron chi connectivity index (χ0n) is 16.1. The molecule has 1 aliphatic rings. The summed E-state index contributed by atoms with van der Waals surface area (Å²) in [7, 11) is 5.02. The maximum absolute atomic E-state index is 11.0. The molecule has 1 fully saturated rings. The Morgan fingerprint density at radius 2 is 1.84 bits per heavy atom. The van der Waals surface area contributed by atoms with Crippen LogP contribution in [-0.4, -0.2) is 52.9 Å². The number of halogens is 1. The molecule has 2 N–H and O–H groups in total. The van der Waals surface area contributed by atoms with Crippen molar-refractivity contribution in [2.45, 2.75) is 57.8 Å². The predicted octanol–water partition coefficient (Wildman–Crippen LogP) is 3.10. The lowest BCUT2D eigenvalue weighted by Crippen LogP contribution is -2.47. The molecule has 1 aliphatic carbocycles. The van der Waals surface area contributed by atoms with Gasteiger partial charge in [-0.15, -0.1) is 24.0 Å². The van der Waals surface area contributed by atoms with Gasteiger partial charge in [0.15, 0.2) is 5.96 Å². The monoisotopic (exact) mass is 469 g/mol. The van der Waals surface area contributed by atoms with Crippen LogP contribution in [0.1, 0.15) is 57.8 Å². The Morgan fingerprint density at radius 1 is 1.12 bits per heavy atom. The van der Waals surface area contributed by atoms with E-state index in [1.807, 2.05) is 7.05 Å². The average Bonchev–Trinajstić information content (AvgIpc) is 2.57. The molecule has 0 radical (unpaired) electrons. The number of carbonyl (C=O) groups is 1. The summed E-state index contributed by atoms with van der Waals surface area (Å²) in [6, 6.07) is 0. The molecule has 148 valence electrons. The van der Waals surface area contributed by atoms with Crippen molar-refractivity contribution in [2.75, 3.05) is 41.0 Å². The molecule has 0 saturated heterocycles. The second-order valence-electron chi connectivity index (χ2n) is 6.69. The van der Waals surface area contributed by atoms with Gasteiger partial charge in [0.25, 0.3) is 0 Å². The number of esters is 1. The number of aliphatic imine (C=N–C) groups is 1. The van der Waals surface area contributed by atoms with E-state index in [9.17, 15) is 4.79 Å². The Bertz CT molecular complexity index is 388. The molecule has 0 amide bonds. The van der Waals surface area contributed by atoms with E-state index in [1.165, 1.54) is 26.4 Å². The Labute approximate surface area is 169 Å². The molecule has 0 aromatic rings. The van der Waals surface area contributed by atoms with E-state index >= 15 is 0 Å². The van der Waals surface area contributed by atoms with Crippen molar-refractivity contribution in [1.29, 1.82) is 0 Å². The standard InChI is InChI=1S/C18H35N3O3.HI/c1-19-17(20-13-7-5-4-6-9-16(22)24-3)21-15-18(10-8-11-18)12-14-23-2;/h4-15H2,1-3H3,(H2,19,20,21);1H. The number of unbranched alkanes of at least 4 members (excludes halogenated alkanes) is 3. The molecule has 0 atom stereocenters. The lowest BCUT2D eigenvalue weighted by molar-refractivity contribution is -0.140. The lowest BCUT2D eigenvalue weighted by atomic mass is 9.67. The van der Waals surface area contributed by atoms with E-state index in [1.54, 1.807) is 7.11 Å². The second-order valence-corrected chi connectivity index (χ2v) is 6.69. The highest BCUT2D eigenvalue weighted by atomic mass is 127. The van der Waals surface area contributed by atoms with Crippen LogP contribution in [0.2, 0.25) is 0 Å². The molecule has 1 rings (SSSR count). The minimum Gasteiger partial charge on any atom is -0.469 e. The van der Waals surface area contributed by atoms with E-state index in [0.29, 0.717) is 11.8 Å². The molecule has 1 saturated carbocycles. The molecule has 0 heterocycles. The maximum atomic E-state index is 11.0. The van der Waals surface area contributed by atoms with Gasteiger partial charge >= 0.3 is 5.97 Å². The summed E-state index contributed by atoms with van der Waals surface area (Å²) >= 11 is 0. The molecule has 7 heteroatoms. The van der Waals surface area contributed by atoms with E-state index in [4.69, 9.17) is 4.74 Å². The average molecular weight is 469 g/mol. The number of guanidine groups is 1. The first kappa shape index (κ1) is 24.4. The summed E-state index contributed by atoms with van der Waals surface area (Å²) in [6.07, 6.45) is 9.68. The Hall–Kier alpha value is -0.570. The number of nitrogens with zero attached hydrogens (tertiary/aromatic N) is 1. The number of hydrogen-bond acceptors (Lipinski definition) is 4. The van der Waals surface area contributed by atoms with Crippen LogP contribution in [0.25, 0.3) is 0 Å². The molecule has 0 aliphatic heterocycles. The molecule has 0 bridgehead atoms. The fraction of sp³-hybridized carbons (Fsp3) is 0.889. The molecule has 25 heavy (non-hydrogen) atoms. The normalized spacial score (nSPS) is 15.7. The molecule has 0 aromatic heterocycles. The number of methoxy groups -OCH3 is 2. The third kappa shape index (κ3) is 10.2. The third-order valence-electron chi connectivity index (χ3n) is 4.93. The van der Waals surface area contributed by atoms with Gasteiger partial charge in [-0.1, -0.05) is 19.3 Å². The highest BCUT2D eigenvalue weighted by molar-refractivity contribution is 14.0. The smallest absolute Gasteiger partial charge is 0.305 e.